The van der Waals surface area contributed by atoms with Gasteiger partial charge in [0.15, 0.2) is 6.29 Å². The molecule has 112 valence electrons. The van der Waals surface area contributed by atoms with Crippen molar-refractivity contribution in [1.82, 2.24) is 10.6 Å². The predicted octanol–water partition coefficient (Wildman–Crippen LogP) is 2.28. The minimum atomic E-state index is -0.390. The van der Waals surface area contributed by atoms with Gasteiger partial charge in [-0.05, 0) is 50.7 Å². The smallest absolute Gasteiger partial charge is 0.173 e. The zero-order valence-electron chi connectivity index (χ0n) is 13.0. The first kappa shape index (κ1) is 14.1. The third-order valence-electron chi connectivity index (χ3n) is 4.46. The van der Waals surface area contributed by atoms with E-state index in [9.17, 15) is 0 Å². The molecule has 4 heteroatoms. The molecule has 2 unspecified atom stereocenters. The van der Waals surface area contributed by atoms with Crippen LogP contribution in [0.5, 0.6) is 0 Å². The summed E-state index contributed by atoms with van der Waals surface area (Å²) >= 11 is 0. The molecule has 0 aromatic heterocycles. The van der Waals surface area contributed by atoms with Crippen LogP contribution < -0.4 is 16.4 Å². The van der Waals surface area contributed by atoms with Gasteiger partial charge in [-0.1, -0.05) is 18.2 Å². The van der Waals surface area contributed by atoms with Crippen LogP contribution in [0.1, 0.15) is 36.5 Å². The highest BCUT2D eigenvalue weighted by Crippen LogP contribution is 2.32. The van der Waals surface area contributed by atoms with Gasteiger partial charge < -0.3 is 10.6 Å². The van der Waals surface area contributed by atoms with E-state index in [0.717, 1.165) is 17.5 Å². The van der Waals surface area contributed by atoms with Gasteiger partial charge in [0.05, 0.1) is 0 Å². The summed E-state index contributed by atoms with van der Waals surface area (Å²) < 4.78 is 0. The molecule has 4 N–H and O–H groups in total. The number of nitrogens with one attached hydrogen (secondary N) is 2. The first-order valence-electron chi connectivity index (χ1n) is 7.69. The Morgan fingerprint density at radius 3 is 2.81 bits per heavy atom. The van der Waals surface area contributed by atoms with E-state index in [1.54, 1.807) is 0 Å². The van der Waals surface area contributed by atoms with Gasteiger partial charge in [-0.25, -0.2) is 4.99 Å². The maximum atomic E-state index is 6.03. The van der Waals surface area contributed by atoms with Crippen LogP contribution in [0.2, 0.25) is 0 Å². The summed E-state index contributed by atoms with van der Waals surface area (Å²) in [6.07, 6.45) is 4.32. The van der Waals surface area contributed by atoms with E-state index in [4.69, 9.17) is 5.73 Å². The van der Waals surface area contributed by atoms with E-state index < -0.39 is 0 Å². The van der Waals surface area contributed by atoms with Crippen molar-refractivity contribution in [3.8, 4) is 0 Å². The molecule has 1 aliphatic carbocycles. The van der Waals surface area contributed by atoms with Crippen molar-refractivity contribution >= 4 is 11.5 Å². The lowest BCUT2D eigenvalue weighted by molar-refractivity contribution is 0.575. The standard InChI is InChI=1S/C17H24N4/c1-10-5-4-6-14(11(10)2)15-9-16(21-17(18)20-15)19-12(3)13-7-8-13/h4-6,9,12-13,17,20H,7-8,18H2,1-3H3,(H,19,21). The van der Waals surface area contributed by atoms with E-state index in [2.05, 4.69) is 60.7 Å². The summed E-state index contributed by atoms with van der Waals surface area (Å²) in [5.41, 5.74) is 10.8. The summed E-state index contributed by atoms with van der Waals surface area (Å²) in [6, 6.07) is 6.80. The van der Waals surface area contributed by atoms with Crippen LogP contribution in [0.25, 0.3) is 5.70 Å². The second-order valence-electron chi connectivity index (χ2n) is 6.18. The van der Waals surface area contributed by atoms with Crippen LogP contribution in [0.3, 0.4) is 0 Å². The molecule has 4 nitrogen and oxygen atoms in total. The molecule has 0 spiro atoms. The second kappa shape index (κ2) is 5.53. The quantitative estimate of drug-likeness (QED) is 0.798. The normalized spacial score (nSPS) is 23.0. The second-order valence-corrected chi connectivity index (χ2v) is 6.18. The number of hydrogen-bond acceptors (Lipinski definition) is 4. The molecule has 3 rings (SSSR count). The van der Waals surface area contributed by atoms with Crippen molar-refractivity contribution in [2.24, 2.45) is 16.6 Å². The Hall–Kier alpha value is -1.81. The summed E-state index contributed by atoms with van der Waals surface area (Å²) in [6.45, 7) is 6.49. The maximum absolute atomic E-state index is 6.03. The SMILES string of the molecule is Cc1cccc(C2=CC(NC(C)C3CC3)=NC(N)N2)c1C. The molecular weight excluding hydrogens is 260 g/mol. The van der Waals surface area contributed by atoms with E-state index in [1.807, 2.05) is 0 Å². The van der Waals surface area contributed by atoms with Crippen LogP contribution in [0, 0.1) is 19.8 Å². The number of aryl methyl sites for hydroxylation is 1. The van der Waals surface area contributed by atoms with Crippen molar-refractivity contribution in [3.63, 3.8) is 0 Å². The van der Waals surface area contributed by atoms with Crippen molar-refractivity contribution < 1.29 is 0 Å². The number of nitrogens with two attached hydrogens (primary N) is 1. The molecule has 0 amide bonds. The van der Waals surface area contributed by atoms with E-state index in [1.165, 1.54) is 29.5 Å². The highest BCUT2D eigenvalue weighted by Gasteiger charge is 2.28. The lowest BCUT2D eigenvalue weighted by atomic mass is 10.00. The fraction of sp³-hybridized carbons (Fsp3) is 0.471. The fourth-order valence-corrected chi connectivity index (χ4v) is 2.78. The third-order valence-corrected chi connectivity index (χ3v) is 4.46. The topological polar surface area (TPSA) is 62.4 Å². The molecule has 1 heterocycles. The predicted molar refractivity (Wildman–Crippen MR) is 87.8 cm³/mol. The first-order valence-corrected chi connectivity index (χ1v) is 7.69. The van der Waals surface area contributed by atoms with E-state index in [-0.39, 0.29) is 6.29 Å². The Labute approximate surface area is 126 Å². The number of aliphatic imine (C=N–C) groups is 1. The van der Waals surface area contributed by atoms with E-state index >= 15 is 0 Å². The van der Waals surface area contributed by atoms with Crippen molar-refractivity contribution in [2.75, 3.05) is 0 Å². The number of nitrogens with zero attached hydrogens (tertiary/aromatic N) is 1. The van der Waals surface area contributed by atoms with Crippen LogP contribution in [0.4, 0.5) is 0 Å². The summed E-state index contributed by atoms with van der Waals surface area (Å²) in [5.74, 6) is 1.67. The highest BCUT2D eigenvalue weighted by atomic mass is 15.2. The zero-order valence-corrected chi connectivity index (χ0v) is 13.0. The molecule has 0 radical (unpaired) electrons. The summed E-state index contributed by atoms with van der Waals surface area (Å²) in [4.78, 5) is 4.46. The first-order chi connectivity index (χ1) is 10.0. The Kier molecular flexibility index (Phi) is 3.72. The van der Waals surface area contributed by atoms with Gasteiger partial charge in [0.25, 0.3) is 0 Å². The van der Waals surface area contributed by atoms with Crippen molar-refractivity contribution in [3.05, 3.63) is 41.0 Å². The number of hydrogen-bond donors (Lipinski definition) is 3. The van der Waals surface area contributed by atoms with Crippen LogP contribution in [-0.4, -0.2) is 18.2 Å². The third kappa shape index (κ3) is 3.10. The molecule has 1 aromatic rings. The Bertz CT molecular complexity index is 599. The molecule has 2 atom stereocenters. The van der Waals surface area contributed by atoms with Gasteiger partial charge >= 0.3 is 0 Å². The van der Waals surface area contributed by atoms with Crippen molar-refractivity contribution in [2.45, 2.75) is 45.9 Å². The summed E-state index contributed by atoms with van der Waals surface area (Å²) in [5, 5.41) is 6.76. The molecule has 2 aliphatic rings. The highest BCUT2D eigenvalue weighted by molar-refractivity contribution is 6.00. The van der Waals surface area contributed by atoms with Crippen molar-refractivity contribution in [1.29, 1.82) is 0 Å². The van der Waals surface area contributed by atoms with Gasteiger partial charge in [0, 0.05) is 23.4 Å². The summed E-state index contributed by atoms with van der Waals surface area (Å²) in [7, 11) is 0. The molecule has 0 bridgehead atoms. The Morgan fingerprint density at radius 1 is 1.33 bits per heavy atom. The maximum Gasteiger partial charge on any atom is 0.173 e. The van der Waals surface area contributed by atoms with Gasteiger partial charge in [-0.15, -0.1) is 0 Å². The van der Waals surface area contributed by atoms with Gasteiger partial charge in [-0.2, -0.15) is 0 Å². The average Bonchev–Trinajstić information content (AvgIpc) is 3.25. The molecule has 1 saturated carbocycles. The van der Waals surface area contributed by atoms with Gasteiger partial charge in [0.1, 0.15) is 5.84 Å². The molecule has 1 fully saturated rings. The average molecular weight is 284 g/mol. The van der Waals surface area contributed by atoms with Gasteiger partial charge in [-0.3, -0.25) is 5.73 Å². The number of rotatable bonds is 3. The molecule has 0 saturated heterocycles. The largest absolute Gasteiger partial charge is 0.367 e. The van der Waals surface area contributed by atoms with Crippen LogP contribution in [-0.2, 0) is 0 Å². The Morgan fingerprint density at radius 2 is 2.10 bits per heavy atom. The molecule has 21 heavy (non-hydrogen) atoms. The minimum Gasteiger partial charge on any atom is -0.367 e. The monoisotopic (exact) mass is 284 g/mol. The molecular formula is C17H24N4. The fourth-order valence-electron chi connectivity index (χ4n) is 2.78. The van der Waals surface area contributed by atoms with Gasteiger partial charge in [0.2, 0.25) is 0 Å². The number of benzene rings is 1. The van der Waals surface area contributed by atoms with Crippen LogP contribution >= 0.6 is 0 Å². The molecule has 1 aromatic carbocycles. The minimum absolute atomic E-state index is 0.390. The Balaban J connectivity index is 1.85. The van der Waals surface area contributed by atoms with E-state index in [0.29, 0.717) is 6.04 Å². The number of amidine groups is 1. The lowest BCUT2D eigenvalue weighted by Gasteiger charge is -2.25. The zero-order chi connectivity index (χ0) is 15.0. The van der Waals surface area contributed by atoms with Crippen LogP contribution in [0.15, 0.2) is 29.3 Å². The molecule has 1 aliphatic heterocycles. The lowest BCUT2D eigenvalue weighted by Crippen LogP contribution is -2.43.